The molecule has 0 aliphatic carbocycles. The third kappa shape index (κ3) is 3.35. The van der Waals surface area contributed by atoms with Crippen LogP contribution >= 0.6 is 0 Å². The van der Waals surface area contributed by atoms with E-state index in [2.05, 4.69) is 4.74 Å². The summed E-state index contributed by atoms with van der Waals surface area (Å²) in [6, 6.07) is -0.341. The van der Waals surface area contributed by atoms with E-state index in [4.69, 9.17) is 5.11 Å². The highest BCUT2D eigenvalue weighted by Gasteiger charge is 2.33. The van der Waals surface area contributed by atoms with Crippen molar-refractivity contribution in [2.45, 2.75) is 13.3 Å². The van der Waals surface area contributed by atoms with Crippen molar-refractivity contribution in [1.29, 1.82) is 0 Å². The molecule has 7 heteroatoms. The lowest BCUT2D eigenvalue weighted by Gasteiger charge is -2.25. The molecule has 7 nitrogen and oxygen atoms in total. The third-order valence-corrected chi connectivity index (χ3v) is 2.97. The Balaban J connectivity index is 2.57. The average molecular weight is 258 g/mol. The fourth-order valence-corrected chi connectivity index (χ4v) is 1.97. The highest BCUT2D eigenvalue weighted by atomic mass is 16.5. The first-order valence-electron chi connectivity index (χ1n) is 5.83. The number of carbonyl (C=O) groups is 3. The molecule has 1 atom stereocenters. The molecular weight excluding hydrogens is 240 g/mol. The summed E-state index contributed by atoms with van der Waals surface area (Å²) in [5.41, 5.74) is 0. The van der Waals surface area contributed by atoms with E-state index in [0.29, 0.717) is 26.1 Å². The SMILES string of the molecule is CCN(CC(=O)O)C(=O)N1CCC(C(=O)OC)C1. The number of likely N-dealkylation sites (tertiary alicyclic amines) is 1. The van der Waals surface area contributed by atoms with Crippen LogP contribution in [-0.4, -0.2) is 66.2 Å². The summed E-state index contributed by atoms with van der Waals surface area (Å²) in [5.74, 6) is -1.68. The molecular formula is C11H18N2O5. The molecule has 102 valence electrons. The predicted molar refractivity (Wildman–Crippen MR) is 62.0 cm³/mol. The van der Waals surface area contributed by atoms with Gasteiger partial charge in [0.05, 0.1) is 13.0 Å². The summed E-state index contributed by atoms with van der Waals surface area (Å²) in [7, 11) is 1.32. The van der Waals surface area contributed by atoms with Gasteiger partial charge in [-0.05, 0) is 13.3 Å². The van der Waals surface area contributed by atoms with Crippen molar-refractivity contribution in [2.75, 3.05) is 33.3 Å². The first-order valence-corrected chi connectivity index (χ1v) is 5.83. The van der Waals surface area contributed by atoms with Crippen molar-refractivity contribution in [1.82, 2.24) is 9.80 Å². The van der Waals surface area contributed by atoms with Crippen LogP contribution in [0.3, 0.4) is 0 Å². The normalized spacial score (nSPS) is 18.6. The van der Waals surface area contributed by atoms with Gasteiger partial charge in [-0.25, -0.2) is 4.79 Å². The van der Waals surface area contributed by atoms with Gasteiger partial charge >= 0.3 is 18.0 Å². The maximum absolute atomic E-state index is 12.0. The lowest BCUT2D eigenvalue weighted by molar-refractivity contribution is -0.145. The minimum atomic E-state index is -1.05. The summed E-state index contributed by atoms with van der Waals surface area (Å²) in [6.07, 6.45) is 0.559. The number of hydrogen-bond donors (Lipinski definition) is 1. The van der Waals surface area contributed by atoms with Crippen molar-refractivity contribution >= 4 is 18.0 Å². The third-order valence-electron chi connectivity index (χ3n) is 2.97. The predicted octanol–water partition coefficient (Wildman–Crippen LogP) is 0.00780. The van der Waals surface area contributed by atoms with Gasteiger partial charge in [0, 0.05) is 19.6 Å². The second-order valence-corrected chi connectivity index (χ2v) is 4.15. The number of carboxylic acids is 1. The van der Waals surface area contributed by atoms with Gasteiger partial charge < -0.3 is 19.6 Å². The minimum Gasteiger partial charge on any atom is -0.480 e. The van der Waals surface area contributed by atoms with Gasteiger partial charge in [0.1, 0.15) is 6.54 Å². The zero-order valence-corrected chi connectivity index (χ0v) is 10.6. The van der Waals surface area contributed by atoms with Gasteiger partial charge in [0.15, 0.2) is 0 Å². The molecule has 1 rings (SSSR count). The fraction of sp³-hybridized carbons (Fsp3) is 0.727. The van der Waals surface area contributed by atoms with E-state index in [9.17, 15) is 14.4 Å². The Kier molecular flexibility index (Phi) is 4.94. The number of likely N-dealkylation sites (N-methyl/N-ethyl adjacent to an activating group) is 1. The monoisotopic (exact) mass is 258 g/mol. The Bertz CT molecular complexity index is 344. The van der Waals surface area contributed by atoms with Crippen LogP contribution in [0.1, 0.15) is 13.3 Å². The number of methoxy groups -OCH3 is 1. The van der Waals surface area contributed by atoms with E-state index in [0.717, 1.165) is 0 Å². The molecule has 0 aromatic carbocycles. The lowest BCUT2D eigenvalue weighted by atomic mass is 10.1. The van der Waals surface area contributed by atoms with E-state index < -0.39 is 5.97 Å². The molecule has 0 saturated carbocycles. The summed E-state index contributed by atoms with van der Waals surface area (Å²) in [5, 5.41) is 8.70. The number of ether oxygens (including phenoxy) is 1. The molecule has 18 heavy (non-hydrogen) atoms. The number of amides is 2. The number of nitrogens with zero attached hydrogens (tertiary/aromatic N) is 2. The topological polar surface area (TPSA) is 87.2 Å². The van der Waals surface area contributed by atoms with Crippen LogP contribution < -0.4 is 0 Å². The smallest absolute Gasteiger partial charge is 0.323 e. The van der Waals surface area contributed by atoms with Crippen LogP contribution in [0.5, 0.6) is 0 Å². The molecule has 1 fully saturated rings. The summed E-state index contributed by atoms with van der Waals surface area (Å²) in [6.45, 7) is 2.46. The molecule has 0 spiro atoms. The standard InChI is InChI=1S/C11H18N2O5/c1-3-12(7-9(14)15)11(17)13-5-4-8(6-13)10(16)18-2/h8H,3-7H2,1-2H3,(H,14,15). The van der Waals surface area contributed by atoms with E-state index >= 15 is 0 Å². The van der Waals surface area contributed by atoms with Gasteiger partial charge in [-0.3, -0.25) is 9.59 Å². The minimum absolute atomic E-state index is 0.293. The molecule has 1 aliphatic heterocycles. The number of urea groups is 1. The highest BCUT2D eigenvalue weighted by molar-refractivity contribution is 5.81. The van der Waals surface area contributed by atoms with Crippen LogP contribution in [-0.2, 0) is 14.3 Å². The van der Waals surface area contributed by atoms with Crippen LogP contribution in [0.25, 0.3) is 0 Å². The van der Waals surface area contributed by atoms with Gasteiger partial charge in [-0.1, -0.05) is 0 Å². The van der Waals surface area contributed by atoms with Crippen LogP contribution in [0.4, 0.5) is 4.79 Å². The molecule has 1 heterocycles. The first kappa shape index (κ1) is 14.3. The van der Waals surface area contributed by atoms with Gasteiger partial charge in [0.2, 0.25) is 0 Å². The highest BCUT2D eigenvalue weighted by Crippen LogP contribution is 2.18. The number of hydrogen-bond acceptors (Lipinski definition) is 4. The van der Waals surface area contributed by atoms with Gasteiger partial charge in [-0.15, -0.1) is 0 Å². The fourth-order valence-electron chi connectivity index (χ4n) is 1.97. The molecule has 1 unspecified atom stereocenters. The van der Waals surface area contributed by atoms with Crippen molar-refractivity contribution in [3.05, 3.63) is 0 Å². The van der Waals surface area contributed by atoms with Crippen LogP contribution in [0.2, 0.25) is 0 Å². The second-order valence-electron chi connectivity index (χ2n) is 4.15. The molecule has 2 amide bonds. The molecule has 1 saturated heterocycles. The Hall–Kier alpha value is -1.79. The average Bonchev–Trinajstić information content (AvgIpc) is 2.83. The summed E-state index contributed by atoms with van der Waals surface area (Å²) >= 11 is 0. The largest absolute Gasteiger partial charge is 0.480 e. The van der Waals surface area contributed by atoms with Crippen LogP contribution in [0, 0.1) is 5.92 Å². The summed E-state index contributed by atoms with van der Waals surface area (Å²) in [4.78, 5) is 36.7. The Morgan fingerprint density at radius 1 is 1.44 bits per heavy atom. The molecule has 0 radical (unpaired) electrons. The first-order chi connectivity index (χ1) is 8.49. The zero-order chi connectivity index (χ0) is 13.7. The van der Waals surface area contributed by atoms with E-state index in [1.165, 1.54) is 16.9 Å². The number of carbonyl (C=O) groups excluding carboxylic acids is 2. The van der Waals surface area contributed by atoms with Crippen molar-refractivity contribution in [2.24, 2.45) is 5.92 Å². The molecule has 0 aromatic rings. The number of aliphatic carboxylic acids is 1. The number of rotatable bonds is 4. The van der Waals surface area contributed by atoms with Crippen molar-refractivity contribution in [3.63, 3.8) is 0 Å². The Morgan fingerprint density at radius 3 is 2.61 bits per heavy atom. The zero-order valence-electron chi connectivity index (χ0n) is 10.6. The second kappa shape index (κ2) is 6.23. The molecule has 0 bridgehead atoms. The number of esters is 1. The summed E-state index contributed by atoms with van der Waals surface area (Å²) < 4.78 is 4.63. The Morgan fingerprint density at radius 2 is 2.11 bits per heavy atom. The maximum Gasteiger partial charge on any atom is 0.323 e. The van der Waals surface area contributed by atoms with Gasteiger partial charge in [-0.2, -0.15) is 0 Å². The number of carboxylic acid groups (broad SMARTS) is 1. The van der Waals surface area contributed by atoms with Crippen LogP contribution in [0.15, 0.2) is 0 Å². The van der Waals surface area contributed by atoms with Gasteiger partial charge in [0.25, 0.3) is 0 Å². The molecule has 1 N–H and O–H groups in total. The molecule has 1 aliphatic rings. The molecule has 0 aromatic heterocycles. The van der Waals surface area contributed by atoms with Crippen molar-refractivity contribution in [3.8, 4) is 0 Å². The van der Waals surface area contributed by atoms with E-state index in [1.54, 1.807) is 6.92 Å². The Labute approximate surface area is 105 Å². The lowest BCUT2D eigenvalue weighted by Crippen LogP contribution is -2.44. The van der Waals surface area contributed by atoms with E-state index in [-0.39, 0.29) is 24.5 Å². The van der Waals surface area contributed by atoms with Crippen molar-refractivity contribution < 1.29 is 24.2 Å². The van der Waals surface area contributed by atoms with E-state index in [1.807, 2.05) is 0 Å². The maximum atomic E-state index is 12.0. The quantitative estimate of drug-likeness (QED) is 0.718.